The topological polar surface area (TPSA) is 22.1 Å². The Balaban J connectivity index is 1.79. The zero-order chi connectivity index (χ0) is 9.10. The average molecular weight is 198 g/mol. The molecule has 2 nitrogen and oxygen atoms in total. The molecule has 1 fully saturated rings. The molecule has 1 aromatic rings. The number of hydrogen-bond acceptors (Lipinski definition) is 2. The molecule has 1 aliphatic rings. The van der Waals surface area contributed by atoms with Gasteiger partial charge in [0, 0.05) is 6.61 Å². The van der Waals surface area contributed by atoms with Crippen LogP contribution in [0, 0.1) is 5.92 Å². The summed E-state index contributed by atoms with van der Waals surface area (Å²) in [7, 11) is 0. The molecule has 3 heteroatoms. The van der Waals surface area contributed by atoms with Crippen molar-refractivity contribution in [1.82, 2.24) is 4.98 Å². The molecular formula is C10H12ClNO. The van der Waals surface area contributed by atoms with Gasteiger partial charge in [-0.15, -0.1) is 0 Å². The monoisotopic (exact) mass is 197 g/mol. The molecule has 1 aromatic heterocycles. The standard InChI is InChI=1S/C10H12ClNO/c11-10-3-1-2-9(12-10)7-13-6-8-4-5-8/h1-3,8H,4-7H2. The van der Waals surface area contributed by atoms with Crippen molar-refractivity contribution in [2.45, 2.75) is 19.4 Å². The number of aromatic nitrogens is 1. The van der Waals surface area contributed by atoms with Crippen LogP contribution in [0.3, 0.4) is 0 Å². The predicted molar refractivity (Wildman–Crippen MR) is 51.6 cm³/mol. The Morgan fingerprint density at radius 3 is 3.00 bits per heavy atom. The largest absolute Gasteiger partial charge is 0.375 e. The second kappa shape index (κ2) is 4.07. The van der Waals surface area contributed by atoms with Gasteiger partial charge in [0.1, 0.15) is 5.15 Å². The molecule has 2 rings (SSSR count). The molecule has 0 atom stereocenters. The fourth-order valence-electron chi connectivity index (χ4n) is 1.15. The van der Waals surface area contributed by atoms with Crippen molar-refractivity contribution < 1.29 is 4.74 Å². The normalized spacial score (nSPS) is 16.1. The lowest BCUT2D eigenvalue weighted by molar-refractivity contribution is 0.109. The molecule has 13 heavy (non-hydrogen) atoms. The van der Waals surface area contributed by atoms with E-state index >= 15 is 0 Å². The Labute approximate surface area is 82.9 Å². The molecular weight excluding hydrogens is 186 g/mol. The van der Waals surface area contributed by atoms with Crippen LogP contribution in [-0.2, 0) is 11.3 Å². The maximum Gasteiger partial charge on any atom is 0.129 e. The van der Waals surface area contributed by atoms with Gasteiger partial charge >= 0.3 is 0 Å². The molecule has 0 spiro atoms. The third kappa shape index (κ3) is 2.98. The summed E-state index contributed by atoms with van der Waals surface area (Å²) in [6, 6.07) is 5.59. The lowest BCUT2D eigenvalue weighted by Gasteiger charge is -2.02. The van der Waals surface area contributed by atoms with Gasteiger partial charge in [-0.05, 0) is 30.9 Å². The zero-order valence-corrected chi connectivity index (χ0v) is 8.13. The van der Waals surface area contributed by atoms with E-state index in [9.17, 15) is 0 Å². The molecule has 0 radical (unpaired) electrons. The van der Waals surface area contributed by atoms with Crippen molar-refractivity contribution in [3.05, 3.63) is 29.0 Å². The van der Waals surface area contributed by atoms with Crippen molar-refractivity contribution in [2.24, 2.45) is 5.92 Å². The lowest BCUT2D eigenvalue weighted by Crippen LogP contribution is -1.98. The quantitative estimate of drug-likeness (QED) is 0.693. The van der Waals surface area contributed by atoms with Gasteiger partial charge in [0.05, 0.1) is 12.3 Å². The molecule has 70 valence electrons. The van der Waals surface area contributed by atoms with Gasteiger partial charge in [0.2, 0.25) is 0 Å². The number of pyridine rings is 1. The summed E-state index contributed by atoms with van der Waals surface area (Å²) < 4.78 is 5.48. The summed E-state index contributed by atoms with van der Waals surface area (Å²) in [5.41, 5.74) is 0.910. The molecule has 0 aromatic carbocycles. The second-order valence-corrected chi connectivity index (χ2v) is 3.80. The van der Waals surface area contributed by atoms with E-state index in [1.165, 1.54) is 12.8 Å². The highest BCUT2D eigenvalue weighted by atomic mass is 35.5. The van der Waals surface area contributed by atoms with Crippen molar-refractivity contribution in [2.75, 3.05) is 6.61 Å². The first kappa shape index (κ1) is 8.97. The van der Waals surface area contributed by atoms with E-state index in [0.717, 1.165) is 18.2 Å². The Kier molecular flexibility index (Phi) is 2.81. The summed E-state index contributed by atoms with van der Waals surface area (Å²) in [6.45, 7) is 1.45. The smallest absolute Gasteiger partial charge is 0.129 e. The van der Waals surface area contributed by atoms with E-state index in [1.807, 2.05) is 12.1 Å². The molecule has 0 aliphatic heterocycles. The summed E-state index contributed by atoms with van der Waals surface area (Å²) in [5, 5.41) is 0.535. The summed E-state index contributed by atoms with van der Waals surface area (Å²) in [4.78, 5) is 4.13. The fraction of sp³-hybridized carbons (Fsp3) is 0.500. The van der Waals surface area contributed by atoms with Gasteiger partial charge in [-0.1, -0.05) is 17.7 Å². The maximum absolute atomic E-state index is 5.73. The van der Waals surface area contributed by atoms with E-state index in [-0.39, 0.29) is 0 Å². The summed E-state index contributed by atoms with van der Waals surface area (Å²) in [6.07, 6.45) is 2.64. The number of hydrogen-bond donors (Lipinski definition) is 0. The molecule has 1 saturated carbocycles. The summed E-state index contributed by atoms with van der Waals surface area (Å²) >= 11 is 5.73. The third-order valence-corrected chi connectivity index (χ3v) is 2.28. The molecule has 0 N–H and O–H groups in total. The predicted octanol–water partition coefficient (Wildman–Crippen LogP) is 2.66. The first-order valence-electron chi connectivity index (χ1n) is 4.54. The Morgan fingerprint density at radius 1 is 1.46 bits per heavy atom. The van der Waals surface area contributed by atoms with Crippen LogP contribution in [0.1, 0.15) is 18.5 Å². The zero-order valence-electron chi connectivity index (χ0n) is 7.37. The minimum absolute atomic E-state index is 0.535. The van der Waals surface area contributed by atoms with Gasteiger partial charge < -0.3 is 4.74 Å². The first-order valence-corrected chi connectivity index (χ1v) is 4.91. The van der Waals surface area contributed by atoms with Crippen molar-refractivity contribution >= 4 is 11.6 Å². The SMILES string of the molecule is Clc1cccc(COCC2CC2)n1. The van der Waals surface area contributed by atoms with Gasteiger partial charge in [-0.2, -0.15) is 0 Å². The molecule has 0 bridgehead atoms. The maximum atomic E-state index is 5.73. The molecule has 1 aliphatic carbocycles. The van der Waals surface area contributed by atoms with Crippen LogP contribution in [0.5, 0.6) is 0 Å². The Hall–Kier alpha value is -0.600. The van der Waals surface area contributed by atoms with Gasteiger partial charge in [-0.3, -0.25) is 0 Å². The molecule has 0 unspecified atom stereocenters. The van der Waals surface area contributed by atoms with Gasteiger partial charge in [-0.25, -0.2) is 4.98 Å². The van der Waals surface area contributed by atoms with Gasteiger partial charge in [0.15, 0.2) is 0 Å². The van der Waals surface area contributed by atoms with Crippen LogP contribution < -0.4 is 0 Å². The number of rotatable bonds is 4. The third-order valence-electron chi connectivity index (χ3n) is 2.07. The van der Waals surface area contributed by atoms with E-state index in [0.29, 0.717) is 11.8 Å². The van der Waals surface area contributed by atoms with Crippen molar-refractivity contribution in [3.63, 3.8) is 0 Å². The molecule has 1 heterocycles. The highest BCUT2D eigenvalue weighted by molar-refractivity contribution is 6.29. The first-order chi connectivity index (χ1) is 6.34. The average Bonchev–Trinajstić information content (AvgIpc) is 2.88. The number of halogens is 1. The van der Waals surface area contributed by atoms with E-state index in [1.54, 1.807) is 6.07 Å². The fourth-order valence-corrected chi connectivity index (χ4v) is 1.33. The minimum atomic E-state index is 0.535. The van der Waals surface area contributed by atoms with E-state index in [4.69, 9.17) is 16.3 Å². The Morgan fingerprint density at radius 2 is 2.31 bits per heavy atom. The highest BCUT2D eigenvalue weighted by Crippen LogP contribution is 2.28. The van der Waals surface area contributed by atoms with Crippen LogP contribution in [-0.4, -0.2) is 11.6 Å². The van der Waals surface area contributed by atoms with Gasteiger partial charge in [0.25, 0.3) is 0 Å². The number of ether oxygens (including phenoxy) is 1. The van der Waals surface area contributed by atoms with Crippen molar-refractivity contribution in [1.29, 1.82) is 0 Å². The van der Waals surface area contributed by atoms with Crippen molar-refractivity contribution in [3.8, 4) is 0 Å². The molecule has 0 amide bonds. The minimum Gasteiger partial charge on any atom is -0.375 e. The Bertz CT molecular complexity index is 286. The lowest BCUT2D eigenvalue weighted by atomic mass is 10.4. The van der Waals surface area contributed by atoms with Crippen LogP contribution in [0.25, 0.3) is 0 Å². The molecule has 0 saturated heterocycles. The second-order valence-electron chi connectivity index (χ2n) is 3.41. The number of nitrogens with zero attached hydrogens (tertiary/aromatic N) is 1. The van der Waals surface area contributed by atoms with Crippen LogP contribution in [0.4, 0.5) is 0 Å². The van der Waals surface area contributed by atoms with E-state index in [2.05, 4.69) is 4.98 Å². The highest BCUT2D eigenvalue weighted by Gasteiger charge is 2.20. The van der Waals surface area contributed by atoms with Crippen LogP contribution >= 0.6 is 11.6 Å². The van der Waals surface area contributed by atoms with Crippen LogP contribution in [0.2, 0.25) is 5.15 Å². The van der Waals surface area contributed by atoms with E-state index < -0.39 is 0 Å². The van der Waals surface area contributed by atoms with Crippen LogP contribution in [0.15, 0.2) is 18.2 Å². The summed E-state index contributed by atoms with van der Waals surface area (Å²) in [5.74, 6) is 0.805.